The third-order valence-electron chi connectivity index (χ3n) is 3.96. The summed E-state index contributed by atoms with van der Waals surface area (Å²) in [5.74, 6) is -1.00. The van der Waals surface area contributed by atoms with Crippen molar-refractivity contribution in [3.8, 4) is 0 Å². The summed E-state index contributed by atoms with van der Waals surface area (Å²) in [4.78, 5) is 37.1. The predicted molar refractivity (Wildman–Crippen MR) is 90.4 cm³/mol. The fourth-order valence-corrected chi connectivity index (χ4v) is 2.70. The first-order valence-corrected chi connectivity index (χ1v) is 7.84. The molecule has 0 aliphatic carbocycles. The lowest BCUT2D eigenvalue weighted by atomic mass is 10.1. The first-order chi connectivity index (χ1) is 11.5. The van der Waals surface area contributed by atoms with Gasteiger partial charge < -0.3 is 5.32 Å². The second-order valence-corrected chi connectivity index (χ2v) is 6.00. The number of benzene rings is 2. The molecule has 0 radical (unpaired) electrons. The molecule has 0 saturated heterocycles. The Morgan fingerprint density at radius 3 is 2.42 bits per heavy atom. The van der Waals surface area contributed by atoms with Gasteiger partial charge >= 0.3 is 0 Å². The van der Waals surface area contributed by atoms with Crippen LogP contribution in [0.1, 0.15) is 36.6 Å². The number of nitrogens with one attached hydrogen (secondary N) is 1. The summed E-state index contributed by atoms with van der Waals surface area (Å²) < 4.78 is 0. The lowest BCUT2D eigenvalue weighted by Gasteiger charge is -2.06. The Balaban J connectivity index is 1.65. The maximum atomic E-state index is 12.2. The Morgan fingerprint density at radius 1 is 1.04 bits per heavy atom. The molecule has 0 atom stereocenters. The molecule has 0 aromatic heterocycles. The molecule has 1 N–H and O–H groups in total. The van der Waals surface area contributed by atoms with E-state index in [1.807, 2.05) is 12.1 Å². The van der Waals surface area contributed by atoms with Crippen LogP contribution in [0, 0.1) is 0 Å². The van der Waals surface area contributed by atoms with Crippen LogP contribution in [0.3, 0.4) is 0 Å². The van der Waals surface area contributed by atoms with E-state index in [0.717, 1.165) is 10.5 Å². The normalized spacial score (nSPS) is 13.2. The number of hydrogen-bond acceptors (Lipinski definition) is 3. The number of halogens is 1. The molecule has 6 heteroatoms. The molecular formula is C18H15ClN2O3. The molecule has 3 rings (SSSR count). The van der Waals surface area contributed by atoms with E-state index in [2.05, 4.69) is 5.32 Å². The van der Waals surface area contributed by atoms with Crippen LogP contribution in [-0.2, 0) is 6.42 Å². The van der Waals surface area contributed by atoms with E-state index < -0.39 is 0 Å². The quantitative estimate of drug-likeness (QED) is 0.868. The minimum atomic E-state index is -0.384. The van der Waals surface area contributed by atoms with Gasteiger partial charge in [-0.15, -0.1) is 0 Å². The van der Waals surface area contributed by atoms with Crippen molar-refractivity contribution in [2.24, 2.45) is 0 Å². The summed E-state index contributed by atoms with van der Waals surface area (Å²) in [7, 11) is 1.43. The lowest BCUT2D eigenvalue weighted by molar-refractivity contribution is 0.0693. The van der Waals surface area contributed by atoms with Gasteiger partial charge in [0.1, 0.15) is 0 Å². The highest BCUT2D eigenvalue weighted by molar-refractivity contribution is 6.30. The van der Waals surface area contributed by atoms with Gasteiger partial charge in [0.25, 0.3) is 17.7 Å². The standard InChI is InChI=1S/C18H15ClN2O3/c1-21-17(23)14-7-4-12(10-15(14)18(21)24)16(22)20-9-8-11-2-5-13(19)6-3-11/h2-7,10H,8-9H2,1H3,(H,20,22). The molecular weight excluding hydrogens is 328 g/mol. The zero-order valence-electron chi connectivity index (χ0n) is 13.0. The molecule has 1 heterocycles. The summed E-state index contributed by atoms with van der Waals surface area (Å²) >= 11 is 5.83. The van der Waals surface area contributed by atoms with Gasteiger partial charge in [-0.25, -0.2) is 0 Å². The van der Waals surface area contributed by atoms with Crippen LogP contribution >= 0.6 is 11.6 Å². The Bertz CT molecular complexity index is 831. The molecule has 0 saturated carbocycles. The van der Waals surface area contributed by atoms with Crippen LogP contribution in [0.5, 0.6) is 0 Å². The van der Waals surface area contributed by atoms with Gasteiger partial charge in [0.05, 0.1) is 11.1 Å². The van der Waals surface area contributed by atoms with Gasteiger partial charge in [-0.2, -0.15) is 0 Å². The highest BCUT2D eigenvalue weighted by atomic mass is 35.5. The first kappa shape index (κ1) is 16.2. The number of rotatable bonds is 4. The Kier molecular flexibility index (Phi) is 4.36. The van der Waals surface area contributed by atoms with Crippen LogP contribution < -0.4 is 5.32 Å². The second-order valence-electron chi connectivity index (χ2n) is 5.56. The van der Waals surface area contributed by atoms with E-state index in [4.69, 9.17) is 11.6 Å². The van der Waals surface area contributed by atoms with Crippen LogP contribution in [-0.4, -0.2) is 36.2 Å². The number of fused-ring (bicyclic) bond motifs is 1. The van der Waals surface area contributed by atoms with Crippen molar-refractivity contribution in [3.05, 3.63) is 69.7 Å². The monoisotopic (exact) mass is 342 g/mol. The minimum absolute atomic E-state index is 0.271. The minimum Gasteiger partial charge on any atom is -0.352 e. The maximum Gasteiger partial charge on any atom is 0.261 e. The predicted octanol–water partition coefficient (Wildman–Crippen LogP) is 2.54. The third kappa shape index (κ3) is 3.03. The van der Waals surface area contributed by atoms with Crippen LogP contribution in [0.15, 0.2) is 42.5 Å². The van der Waals surface area contributed by atoms with Gasteiger partial charge in [-0.05, 0) is 42.3 Å². The Morgan fingerprint density at radius 2 is 1.71 bits per heavy atom. The number of imide groups is 1. The molecule has 1 aliphatic heterocycles. The van der Waals surface area contributed by atoms with Crippen molar-refractivity contribution in [1.82, 2.24) is 10.2 Å². The second kappa shape index (κ2) is 6.45. The van der Waals surface area contributed by atoms with Crippen molar-refractivity contribution >= 4 is 29.3 Å². The van der Waals surface area contributed by atoms with E-state index in [9.17, 15) is 14.4 Å². The van der Waals surface area contributed by atoms with Crippen molar-refractivity contribution in [1.29, 1.82) is 0 Å². The lowest BCUT2D eigenvalue weighted by Crippen LogP contribution is -2.26. The fraction of sp³-hybridized carbons (Fsp3) is 0.167. The van der Waals surface area contributed by atoms with E-state index in [1.165, 1.54) is 19.2 Å². The molecule has 2 aromatic carbocycles. The molecule has 0 spiro atoms. The van der Waals surface area contributed by atoms with Crippen LogP contribution in [0.2, 0.25) is 5.02 Å². The summed E-state index contributed by atoms with van der Waals surface area (Å²) in [6, 6.07) is 12.0. The average Bonchev–Trinajstić information content (AvgIpc) is 2.81. The summed E-state index contributed by atoms with van der Waals surface area (Å²) in [5.41, 5.74) is 2.03. The molecule has 24 heavy (non-hydrogen) atoms. The topological polar surface area (TPSA) is 66.5 Å². The van der Waals surface area contributed by atoms with E-state index in [0.29, 0.717) is 29.1 Å². The zero-order valence-corrected chi connectivity index (χ0v) is 13.8. The molecule has 0 fully saturated rings. The Hall–Kier alpha value is -2.66. The molecule has 1 aliphatic rings. The third-order valence-corrected chi connectivity index (χ3v) is 4.22. The SMILES string of the molecule is CN1C(=O)c2ccc(C(=O)NCCc3ccc(Cl)cc3)cc2C1=O. The smallest absolute Gasteiger partial charge is 0.261 e. The number of carbonyl (C=O) groups excluding carboxylic acids is 3. The van der Waals surface area contributed by atoms with Gasteiger partial charge in [0.15, 0.2) is 0 Å². The number of carbonyl (C=O) groups is 3. The summed E-state index contributed by atoms with van der Waals surface area (Å²) in [6.45, 7) is 0.463. The number of hydrogen-bond donors (Lipinski definition) is 1. The highest BCUT2D eigenvalue weighted by Gasteiger charge is 2.33. The highest BCUT2D eigenvalue weighted by Crippen LogP contribution is 2.22. The molecule has 2 aromatic rings. The van der Waals surface area contributed by atoms with Crippen LogP contribution in [0.25, 0.3) is 0 Å². The molecule has 5 nitrogen and oxygen atoms in total. The Labute approximate surface area is 144 Å². The first-order valence-electron chi connectivity index (χ1n) is 7.46. The van der Waals surface area contributed by atoms with E-state index in [1.54, 1.807) is 18.2 Å². The molecule has 122 valence electrons. The van der Waals surface area contributed by atoms with E-state index in [-0.39, 0.29) is 23.3 Å². The van der Waals surface area contributed by atoms with Crippen molar-refractivity contribution in [2.75, 3.05) is 13.6 Å². The number of nitrogens with zero attached hydrogens (tertiary/aromatic N) is 1. The average molecular weight is 343 g/mol. The van der Waals surface area contributed by atoms with E-state index >= 15 is 0 Å². The van der Waals surface area contributed by atoms with Gasteiger partial charge in [-0.1, -0.05) is 23.7 Å². The van der Waals surface area contributed by atoms with Gasteiger partial charge in [0, 0.05) is 24.2 Å². The summed E-state index contributed by atoms with van der Waals surface area (Å²) in [5, 5.41) is 3.48. The largest absolute Gasteiger partial charge is 0.352 e. The van der Waals surface area contributed by atoms with Crippen molar-refractivity contribution < 1.29 is 14.4 Å². The maximum absolute atomic E-state index is 12.2. The molecule has 3 amide bonds. The molecule has 0 bridgehead atoms. The van der Waals surface area contributed by atoms with Crippen molar-refractivity contribution in [2.45, 2.75) is 6.42 Å². The molecule has 0 unspecified atom stereocenters. The van der Waals surface area contributed by atoms with Crippen LogP contribution in [0.4, 0.5) is 0 Å². The van der Waals surface area contributed by atoms with Gasteiger partial charge in [-0.3, -0.25) is 19.3 Å². The van der Waals surface area contributed by atoms with Gasteiger partial charge in [0.2, 0.25) is 0 Å². The number of amides is 3. The summed E-state index contributed by atoms with van der Waals surface area (Å²) in [6.07, 6.45) is 0.675. The zero-order chi connectivity index (χ0) is 17.3. The fourth-order valence-electron chi connectivity index (χ4n) is 2.58. The van der Waals surface area contributed by atoms with Crippen molar-refractivity contribution in [3.63, 3.8) is 0 Å².